The van der Waals surface area contributed by atoms with Crippen LogP contribution in [0.1, 0.15) is 73.1 Å². The van der Waals surface area contributed by atoms with Crippen molar-refractivity contribution in [1.29, 1.82) is 0 Å². The molecule has 2 aromatic rings. The van der Waals surface area contributed by atoms with Crippen LogP contribution in [0.3, 0.4) is 0 Å². The smallest absolute Gasteiger partial charge is 0.257 e. The highest BCUT2D eigenvalue weighted by Crippen LogP contribution is 2.45. The van der Waals surface area contributed by atoms with E-state index in [4.69, 9.17) is 5.10 Å². The number of carbonyl (C=O) groups excluding carboxylic acids is 1. The van der Waals surface area contributed by atoms with Gasteiger partial charge in [0.15, 0.2) is 5.82 Å². The molecule has 0 unspecified atom stereocenters. The molecule has 5 nitrogen and oxygen atoms in total. The molecule has 0 spiro atoms. The lowest BCUT2D eigenvalue weighted by molar-refractivity contribution is 0.0966. The molecule has 0 atom stereocenters. The molecule has 2 aliphatic rings. The Kier molecular flexibility index (Phi) is 4.99. The van der Waals surface area contributed by atoms with Crippen molar-refractivity contribution in [2.75, 3.05) is 0 Å². The second-order valence-corrected chi connectivity index (χ2v) is 7.82. The molecule has 4 rings (SSSR count). The number of nitrogens with zero attached hydrogens (tertiary/aromatic N) is 3. The molecule has 144 valence electrons. The highest BCUT2D eigenvalue weighted by atomic mass is 16.1. The lowest BCUT2D eigenvalue weighted by Gasteiger charge is -2.09. The van der Waals surface area contributed by atoms with E-state index in [2.05, 4.69) is 22.9 Å². The maximum absolute atomic E-state index is 12.6. The molecule has 2 fully saturated rings. The molecule has 0 aliphatic heterocycles. The van der Waals surface area contributed by atoms with E-state index < -0.39 is 0 Å². The zero-order valence-corrected chi connectivity index (χ0v) is 16.5. The molecule has 0 radical (unpaired) electrons. The Balaban J connectivity index is 1.54. The number of allylic oxidation sites excluding steroid dienone is 4. The second-order valence-electron chi connectivity index (χ2n) is 7.82. The van der Waals surface area contributed by atoms with Gasteiger partial charge in [-0.05, 0) is 63.8 Å². The van der Waals surface area contributed by atoms with Crippen LogP contribution in [0, 0.1) is 0 Å². The van der Waals surface area contributed by atoms with Gasteiger partial charge >= 0.3 is 0 Å². The van der Waals surface area contributed by atoms with E-state index in [0.29, 0.717) is 17.4 Å². The van der Waals surface area contributed by atoms with Gasteiger partial charge in [-0.1, -0.05) is 24.3 Å². The van der Waals surface area contributed by atoms with Gasteiger partial charge in [0.05, 0.1) is 11.3 Å². The molecule has 28 heavy (non-hydrogen) atoms. The molecule has 0 aromatic carbocycles. The summed E-state index contributed by atoms with van der Waals surface area (Å²) in [6.45, 7) is 7.58. The van der Waals surface area contributed by atoms with Crippen LogP contribution >= 0.6 is 0 Å². The van der Waals surface area contributed by atoms with Crippen LogP contribution in [0.15, 0.2) is 60.5 Å². The van der Waals surface area contributed by atoms with Gasteiger partial charge in [0.2, 0.25) is 0 Å². The molecule has 1 amide bonds. The van der Waals surface area contributed by atoms with E-state index in [0.717, 1.165) is 17.1 Å². The molecule has 0 bridgehead atoms. The molecule has 2 heterocycles. The van der Waals surface area contributed by atoms with E-state index in [-0.39, 0.29) is 5.91 Å². The number of rotatable bonds is 7. The summed E-state index contributed by atoms with van der Waals surface area (Å²) in [7, 11) is 0. The summed E-state index contributed by atoms with van der Waals surface area (Å²) in [4.78, 5) is 17.1. The predicted molar refractivity (Wildman–Crippen MR) is 110 cm³/mol. The first-order valence-electron chi connectivity index (χ1n) is 9.91. The Morgan fingerprint density at radius 1 is 1.21 bits per heavy atom. The van der Waals surface area contributed by atoms with Crippen LogP contribution in [0.2, 0.25) is 0 Å². The fourth-order valence-corrected chi connectivity index (χ4v) is 3.18. The fourth-order valence-electron chi connectivity index (χ4n) is 3.18. The molecule has 2 aromatic heterocycles. The number of carbonyl (C=O) groups is 1. The van der Waals surface area contributed by atoms with E-state index in [1.54, 1.807) is 18.3 Å². The van der Waals surface area contributed by atoms with Crippen LogP contribution < -0.4 is 5.32 Å². The minimum atomic E-state index is -0.175. The van der Waals surface area contributed by atoms with Crippen LogP contribution in [-0.2, 0) is 0 Å². The van der Waals surface area contributed by atoms with Gasteiger partial charge in [-0.3, -0.25) is 4.79 Å². The van der Waals surface area contributed by atoms with Gasteiger partial charge in [-0.25, -0.2) is 9.67 Å². The Hall–Kier alpha value is -2.95. The SMILES string of the molecule is C=C/C=C\C(NC(=O)c1ccc(-n2nc(C3CC3)cc2C2CC2)nc1)=C(C)C. The fraction of sp³-hybridized carbons (Fsp3) is 0.348. The third-order valence-electron chi connectivity index (χ3n) is 5.16. The van der Waals surface area contributed by atoms with Gasteiger partial charge < -0.3 is 5.32 Å². The van der Waals surface area contributed by atoms with E-state index >= 15 is 0 Å². The first-order valence-corrected chi connectivity index (χ1v) is 9.91. The lowest BCUT2D eigenvalue weighted by Crippen LogP contribution is -2.23. The van der Waals surface area contributed by atoms with Gasteiger partial charge in [0.25, 0.3) is 5.91 Å². The first kappa shape index (κ1) is 18.4. The Morgan fingerprint density at radius 3 is 2.54 bits per heavy atom. The zero-order chi connectivity index (χ0) is 19.7. The summed E-state index contributed by atoms with van der Waals surface area (Å²) in [6.07, 6.45) is 11.9. The van der Waals surface area contributed by atoms with Crippen molar-refractivity contribution in [3.05, 3.63) is 77.4 Å². The third kappa shape index (κ3) is 3.98. The van der Waals surface area contributed by atoms with Crippen molar-refractivity contribution in [3.8, 4) is 5.82 Å². The summed E-state index contributed by atoms with van der Waals surface area (Å²) in [5, 5.41) is 7.75. The Bertz CT molecular complexity index is 953. The van der Waals surface area contributed by atoms with Crippen molar-refractivity contribution in [2.45, 2.75) is 51.4 Å². The van der Waals surface area contributed by atoms with Crippen LogP contribution in [-0.4, -0.2) is 20.7 Å². The summed E-state index contributed by atoms with van der Waals surface area (Å²) in [5.41, 5.74) is 4.76. The molecule has 1 N–H and O–H groups in total. The van der Waals surface area contributed by atoms with Gasteiger partial charge in [0, 0.05) is 29.4 Å². The van der Waals surface area contributed by atoms with Gasteiger partial charge in [-0.15, -0.1) is 0 Å². The van der Waals surface area contributed by atoms with Crippen LogP contribution in [0.4, 0.5) is 0 Å². The minimum Gasteiger partial charge on any atom is -0.322 e. The van der Waals surface area contributed by atoms with E-state index in [1.165, 1.54) is 37.1 Å². The largest absolute Gasteiger partial charge is 0.322 e. The molecular weight excluding hydrogens is 348 g/mol. The van der Waals surface area contributed by atoms with Crippen molar-refractivity contribution in [3.63, 3.8) is 0 Å². The topological polar surface area (TPSA) is 59.8 Å². The number of hydrogen-bond donors (Lipinski definition) is 1. The van der Waals surface area contributed by atoms with Gasteiger partial charge in [-0.2, -0.15) is 5.10 Å². The number of pyridine rings is 1. The average molecular weight is 374 g/mol. The van der Waals surface area contributed by atoms with Crippen LogP contribution in [0.25, 0.3) is 5.82 Å². The normalized spacial score (nSPS) is 16.2. The summed E-state index contributed by atoms with van der Waals surface area (Å²) < 4.78 is 1.97. The van der Waals surface area contributed by atoms with E-state index in [1.807, 2.05) is 36.7 Å². The maximum Gasteiger partial charge on any atom is 0.257 e. The van der Waals surface area contributed by atoms with Gasteiger partial charge in [0.1, 0.15) is 0 Å². The predicted octanol–water partition coefficient (Wildman–Crippen LogP) is 4.79. The summed E-state index contributed by atoms with van der Waals surface area (Å²) >= 11 is 0. The Morgan fingerprint density at radius 2 is 1.96 bits per heavy atom. The maximum atomic E-state index is 12.6. The summed E-state index contributed by atoms with van der Waals surface area (Å²) in [6, 6.07) is 5.95. The molecule has 2 aliphatic carbocycles. The number of nitrogens with one attached hydrogen (secondary N) is 1. The highest BCUT2D eigenvalue weighted by Gasteiger charge is 2.33. The Labute approximate surface area is 165 Å². The highest BCUT2D eigenvalue weighted by molar-refractivity contribution is 5.95. The monoisotopic (exact) mass is 374 g/mol. The van der Waals surface area contributed by atoms with Crippen molar-refractivity contribution in [2.24, 2.45) is 0 Å². The first-order chi connectivity index (χ1) is 13.6. The van der Waals surface area contributed by atoms with Crippen molar-refractivity contribution < 1.29 is 4.79 Å². The molecule has 5 heteroatoms. The molecule has 0 saturated heterocycles. The average Bonchev–Trinajstić information content (AvgIpc) is 3.63. The standard InChI is InChI=1S/C23H26N4O/c1-4-5-6-19(15(2)3)25-23(28)18-11-12-22(24-14-18)27-21(17-9-10-17)13-20(26-27)16-7-8-16/h4-6,11-14,16-17H,1,7-10H2,2-3H3,(H,25,28)/b6-5-. The second kappa shape index (κ2) is 7.58. The molecular formula is C23H26N4O. The quantitative estimate of drug-likeness (QED) is 0.709. The van der Waals surface area contributed by atoms with Crippen molar-refractivity contribution in [1.82, 2.24) is 20.1 Å². The number of aromatic nitrogens is 3. The van der Waals surface area contributed by atoms with Crippen molar-refractivity contribution >= 4 is 5.91 Å². The minimum absolute atomic E-state index is 0.175. The lowest BCUT2D eigenvalue weighted by atomic mass is 10.2. The summed E-state index contributed by atoms with van der Waals surface area (Å²) in [5.74, 6) is 1.82. The third-order valence-corrected chi connectivity index (χ3v) is 5.16. The van der Waals surface area contributed by atoms with E-state index in [9.17, 15) is 4.79 Å². The van der Waals surface area contributed by atoms with Crippen LogP contribution in [0.5, 0.6) is 0 Å². The zero-order valence-electron chi connectivity index (χ0n) is 16.5. The number of amides is 1. The number of hydrogen-bond acceptors (Lipinski definition) is 3. The molecule has 2 saturated carbocycles.